The standard InChI is InChI=1S/C9H13O/c1-2-10-9-5-3-8(7-9)4-6-9/h3,5,8H,1-2,4,6-7H2. The van der Waals surface area contributed by atoms with Gasteiger partial charge in [-0.15, -0.1) is 0 Å². The van der Waals surface area contributed by atoms with E-state index in [1.807, 2.05) is 0 Å². The van der Waals surface area contributed by atoms with Crippen molar-refractivity contribution in [1.29, 1.82) is 0 Å². The lowest BCUT2D eigenvalue weighted by Gasteiger charge is -2.22. The molecule has 2 rings (SSSR count). The van der Waals surface area contributed by atoms with Gasteiger partial charge < -0.3 is 4.74 Å². The van der Waals surface area contributed by atoms with Gasteiger partial charge >= 0.3 is 0 Å². The summed E-state index contributed by atoms with van der Waals surface area (Å²) in [7, 11) is 0. The summed E-state index contributed by atoms with van der Waals surface area (Å²) in [5.74, 6) is 0.812. The van der Waals surface area contributed by atoms with Gasteiger partial charge in [0.1, 0.15) is 0 Å². The van der Waals surface area contributed by atoms with Gasteiger partial charge in [-0.2, -0.15) is 0 Å². The highest BCUT2D eigenvalue weighted by molar-refractivity contribution is 5.18. The second-order valence-electron chi connectivity index (χ2n) is 3.28. The van der Waals surface area contributed by atoms with Crippen molar-refractivity contribution < 1.29 is 4.74 Å². The summed E-state index contributed by atoms with van der Waals surface area (Å²) in [6.45, 7) is 4.31. The minimum Gasteiger partial charge on any atom is -0.371 e. The van der Waals surface area contributed by atoms with Crippen LogP contribution in [0.3, 0.4) is 0 Å². The van der Waals surface area contributed by atoms with E-state index in [0.29, 0.717) is 6.61 Å². The van der Waals surface area contributed by atoms with Gasteiger partial charge in [-0.25, -0.2) is 0 Å². The molecule has 0 aromatic rings. The number of allylic oxidation sites excluding steroid dienone is 1. The molecule has 2 bridgehead atoms. The summed E-state index contributed by atoms with van der Waals surface area (Å²) in [6, 6.07) is 0. The Morgan fingerprint density at radius 1 is 1.70 bits per heavy atom. The normalized spacial score (nSPS) is 43.1. The maximum atomic E-state index is 5.58. The van der Waals surface area contributed by atoms with Gasteiger partial charge in [-0.05, 0) is 32.1 Å². The third-order valence-electron chi connectivity index (χ3n) is 2.61. The first-order valence-corrected chi connectivity index (χ1v) is 3.97. The zero-order valence-electron chi connectivity index (χ0n) is 6.18. The number of ether oxygens (including phenoxy) is 1. The fourth-order valence-corrected chi connectivity index (χ4v) is 2.09. The van der Waals surface area contributed by atoms with Crippen LogP contribution >= 0.6 is 0 Å². The Labute approximate surface area is 62.1 Å². The van der Waals surface area contributed by atoms with Crippen molar-refractivity contribution in [2.24, 2.45) is 5.92 Å². The van der Waals surface area contributed by atoms with Crippen LogP contribution in [0.4, 0.5) is 0 Å². The highest BCUT2D eigenvalue weighted by Gasteiger charge is 2.40. The molecule has 0 heterocycles. The van der Waals surface area contributed by atoms with Crippen molar-refractivity contribution in [3.05, 3.63) is 19.1 Å². The van der Waals surface area contributed by atoms with E-state index in [9.17, 15) is 0 Å². The molecule has 0 amide bonds. The van der Waals surface area contributed by atoms with Gasteiger partial charge in [0, 0.05) is 6.61 Å². The van der Waals surface area contributed by atoms with Crippen LogP contribution in [-0.2, 0) is 4.74 Å². The second-order valence-corrected chi connectivity index (χ2v) is 3.28. The lowest BCUT2D eigenvalue weighted by atomic mass is 10.0. The summed E-state index contributed by atoms with van der Waals surface area (Å²) >= 11 is 0. The van der Waals surface area contributed by atoms with Crippen molar-refractivity contribution in [2.75, 3.05) is 6.61 Å². The lowest BCUT2D eigenvalue weighted by molar-refractivity contribution is 0.0159. The first-order valence-electron chi connectivity index (χ1n) is 3.97. The molecule has 2 atom stereocenters. The van der Waals surface area contributed by atoms with Crippen molar-refractivity contribution in [3.8, 4) is 0 Å². The van der Waals surface area contributed by atoms with Gasteiger partial charge in [-0.3, -0.25) is 0 Å². The fraction of sp³-hybridized carbons (Fsp3) is 0.667. The molecule has 0 spiro atoms. The molecule has 2 unspecified atom stereocenters. The molecular weight excluding hydrogens is 124 g/mol. The summed E-state index contributed by atoms with van der Waals surface area (Å²) in [4.78, 5) is 0. The third-order valence-corrected chi connectivity index (χ3v) is 2.61. The molecule has 0 saturated heterocycles. The summed E-state index contributed by atoms with van der Waals surface area (Å²) in [5, 5.41) is 0. The molecule has 0 aromatic heterocycles. The first-order chi connectivity index (χ1) is 4.85. The molecule has 1 heteroatoms. The average Bonchev–Trinajstić information content (AvgIpc) is 2.46. The Kier molecular flexibility index (Phi) is 1.34. The molecule has 2 aliphatic rings. The fourth-order valence-electron chi connectivity index (χ4n) is 2.09. The zero-order valence-corrected chi connectivity index (χ0v) is 6.18. The van der Waals surface area contributed by atoms with Gasteiger partial charge in [-0.1, -0.05) is 12.2 Å². The monoisotopic (exact) mass is 137 g/mol. The Morgan fingerprint density at radius 2 is 2.60 bits per heavy atom. The van der Waals surface area contributed by atoms with E-state index >= 15 is 0 Å². The van der Waals surface area contributed by atoms with E-state index < -0.39 is 0 Å². The number of rotatable bonds is 2. The molecular formula is C9H13O. The minimum atomic E-state index is 0.117. The van der Waals surface area contributed by atoms with Crippen molar-refractivity contribution in [2.45, 2.75) is 24.9 Å². The molecule has 0 aromatic carbocycles. The quantitative estimate of drug-likeness (QED) is 0.528. The summed E-state index contributed by atoms with van der Waals surface area (Å²) in [5.41, 5.74) is 0.117. The molecule has 0 aliphatic heterocycles. The van der Waals surface area contributed by atoms with Crippen molar-refractivity contribution in [3.63, 3.8) is 0 Å². The van der Waals surface area contributed by atoms with Crippen LogP contribution in [0.1, 0.15) is 19.3 Å². The molecule has 10 heavy (non-hydrogen) atoms. The predicted octanol–water partition coefficient (Wildman–Crippen LogP) is 1.95. The number of hydrogen-bond acceptors (Lipinski definition) is 1. The van der Waals surface area contributed by atoms with Gasteiger partial charge in [0.2, 0.25) is 0 Å². The van der Waals surface area contributed by atoms with E-state index in [-0.39, 0.29) is 5.60 Å². The molecule has 0 N–H and O–H groups in total. The van der Waals surface area contributed by atoms with Gasteiger partial charge in [0.15, 0.2) is 0 Å². The minimum absolute atomic E-state index is 0.117. The predicted molar refractivity (Wildman–Crippen MR) is 40.5 cm³/mol. The van der Waals surface area contributed by atoms with E-state index in [1.54, 1.807) is 0 Å². The number of fused-ring (bicyclic) bond motifs is 2. The van der Waals surface area contributed by atoms with E-state index in [4.69, 9.17) is 4.74 Å². The average molecular weight is 137 g/mol. The van der Waals surface area contributed by atoms with Crippen molar-refractivity contribution in [1.82, 2.24) is 0 Å². The highest BCUT2D eigenvalue weighted by Crippen LogP contribution is 2.44. The lowest BCUT2D eigenvalue weighted by Crippen LogP contribution is -2.24. The maximum Gasteiger partial charge on any atom is 0.0868 e. The Bertz CT molecular complexity index is 162. The molecule has 1 fully saturated rings. The topological polar surface area (TPSA) is 9.23 Å². The molecule has 2 aliphatic carbocycles. The Hall–Kier alpha value is -0.300. The van der Waals surface area contributed by atoms with Crippen LogP contribution in [0.5, 0.6) is 0 Å². The van der Waals surface area contributed by atoms with Crippen LogP contribution < -0.4 is 0 Å². The van der Waals surface area contributed by atoms with Crippen LogP contribution in [0.2, 0.25) is 0 Å². The largest absolute Gasteiger partial charge is 0.371 e. The van der Waals surface area contributed by atoms with Gasteiger partial charge in [0.05, 0.1) is 5.60 Å². The summed E-state index contributed by atoms with van der Waals surface area (Å²) in [6.07, 6.45) is 8.26. The van der Waals surface area contributed by atoms with Crippen LogP contribution in [0.15, 0.2) is 12.2 Å². The Balaban J connectivity index is 2.09. The van der Waals surface area contributed by atoms with E-state index in [2.05, 4.69) is 19.1 Å². The van der Waals surface area contributed by atoms with Crippen LogP contribution in [-0.4, -0.2) is 12.2 Å². The second kappa shape index (κ2) is 2.09. The Morgan fingerprint density at radius 3 is 3.00 bits per heavy atom. The first kappa shape index (κ1) is 6.41. The van der Waals surface area contributed by atoms with Crippen LogP contribution in [0, 0.1) is 12.8 Å². The third kappa shape index (κ3) is 0.807. The molecule has 55 valence electrons. The molecule has 1 saturated carbocycles. The summed E-state index contributed by atoms with van der Waals surface area (Å²) < 4.78 is 5.58. The van der Waals surface area contributed by atoms with Crippen LogP contribution in [0.25, 0.3) is 0 Å². The smallest absolute Gasteiger partial charge is 0.0868 e. The molecule has 1 radical (unpaired) electrons. The zero-order chi connectivity index (χ0) is 7.03. The van der Waals surface area contributed by atoms with E-state index in [1.165, 1.54) is 19.3 Å². The molecule has 1 nitrogen and oxygen atoms in total. The van der Waals surface area contributed by atoms with E-state index in [0.717, 1.165) is 5.92 Å². The highest BCUT2D eigenvalue weighted by atomic mass is 16.5. The SMILES string of the molecule is [CH2]COC12C=CC(CC1)C2. The number of hydrogen-bond donors (Lipinski definition) is 0. The van der Waals surface area contributed by atoms with Crippen molar-refractivity contribution >= 4 is 0 Å². The van der Waals surface area contributed by atoms with Gasteiger partial charge in [0.25, 0.3) is 0 Å². The maximum absolute atomic E-state index is 5.58.